The maximum Gasteiger partial charge on any atom is 0.436 e. The summed E-state index contributed by atoms with van der Waals surface area (Å²) in [5.74, 6) is -4.92. The molecular formula is C3H4F5OP. The van der Waals surface area contributed by atoms with Crippen molar-refractivity contribution in [3.05, 3.63) is 0 Å². The Kier molecular flexibility index (Phi) is 3.45. The molecule has 0 fully saturated rings. The van der Waals surface area contributed by atoms with Crippen molar-refractivity contribution in [3.63, 3.8) is 0 Å². The third kappa shape index (κ3) is 2.75. The van der Waals surface area contributed by atoms with Gasteiger partial charge in [-0.1, -0.05) is 0 Å². The minimum absolute atomic E-state index is 0.616. The Morgan fingerprint density at radius 1 is 1.30 bits per heavy atom. The van der Waals surface area contributed by atoms with Crippen LogP contribution < -0.4 is 0 Å². The topological polar surface area (TPSA) is 9.23 Å². The van der Waals surface area contributed by atoms with Gasteiger partial charge in [0.25, 0.3) is 6.17 Å². The maximum atomic E-state index is 11.4. The molecule has 10 heavy (non-hydrogen) atoms. The van der Waals surface area contributed by atoms with E-state index in [9.17, 15) is 22.0 Å². The minimum Gasteiger partial charge on any atom is -0.350 e. The summed E-state index contributed by atoms with van der Waals surface area (Å²) in [6, 6.07) is 0. The zero-order valence-corrected chi connectivity index (χ0v) is 5.72. The number of hydrogen-bond acceptors (Lipinski definition) is 1. The van der Waals surface area contributed by atoms with E-state index in [0.29, 0.717) is 7.11 Å². The van der Waals surface area contributed by atoms with Crippen LogP contribution in [0, 0.1) is 0 Å². The molecule has 0 aromatic carbocycles. The van der Waals surface area contributed by atoms with Crippen LogP contribution in [0.4, 0.5) is 22.0 Å². The summed E-state index contributed by atoms with van der Waals surface area (Å²) in [7, 11) is -2.98. The van der Waals surface area contributed by atoms with Gasteiger partial charge in [-0.05, 0) is 0 Å². The molecule has 0 aliphatic heterocycles. The van der Waals surface area contributed by atoms with Crippen molar-refractivity contribution in [1.29, 1.82) is 0 Å². The van der Waals surface area contributed by atoms with Crippen LogP contribution >= 0.6 is 8.15 Å². The first-order valence-electron chi connectivity index (χ1n) is 2.08. The van der Waals surface area contributed by atoms with Gasteiger partial charge in [0.15, 0.2) is 0 Å². The first kappa shape index (κ1) is 10.0. The molecule has 0 saturated heterocycles. The predicted molar refractivity (Wildman–Crippen MR) is 26.0 cm³/mol. The zero-order valence-electron chi connectivity index (χ0n) is 4.82. The Bertz CT molecular complexity index is 102. The normalized spacial score (nSPS) is 15.9. The Morgan fingerprint density at radius 2 is 1.70 bits per heavy atom. The largest absolute Gasteiger partial charge is 0.436 e. The number of halogens is 5. The van der Waals surface area contributed by atoms with Crippen molar-refractivity contribution >= 4 is 8.15 Å². The van der Waals surface area contributed by atoms with Crippen LogP contribution in [0.15, 0.2) is 0 Å². The fourth-order valence-corrected chi connectivity index (χ4v) is 0.882. The van der Waals surface area contributed by atoms with Crippen molar-refractivity contribution in [2.45, 2.75) is 12.1 Å². The molecule has 0 radical (unpaired) electrons. The van der Waals surface area contributed by atoms with Crippen molar-refractivity contribution in [2.24, 2.45) is 0 Å². The highest BCUT2D eigenvalue weighted by molar-refractivity contribution is 7.53. The van der Waals surface area contributed by atoms with Crippen LogP contribution in [0.3, 0.4) is 0 Å². The van der Waals surface area contributed by atoms with E-state index in [-0.39, 0.29) is 0 Å². The summed E-state index contributed by atoms with van der Waals surface area (Å²) in [4.78, 5) is 0. The number of hydrogen-bond donors (Lipinski definition) is 0. The van der Waals surface area contributed by atoms with Gasteiger partial charge >= 0.3 is 5.92 Å². The van der Waals surface area contributed by atoms with Crippen molar-refractivity contribution in [1.82, 2.24) is 0 Å². The summed E-state index contributed by atoms with van der Waals surface area (Å²) in [6.07, 6.45) is -3.46. The quantitative estimate of drug-likeness (QED) is 0.471. The Morgan fingerprint density at radius 3 is 1.70 bits per heavy atom. The van der Waals surface area contributed by atoms with Gasteiger partial charge in [0.1, 0.15) is 0 Å². The highest BCUT2D eigenvalue weighted by Crippen LogP contribution is 2.57. The molecule has 0 aromatic rings. The van der Waals surface area contributed by atoms with Crippen molar-refractivity contribution in [2.75, 3.05) is 7.11 Å². The summed E-state index contributed by atoms with van der Waals surface area (Å²) >= 11 is 0. The average Bonchev–Trinajstić information content (AvgIpc) is 1.60. The van der Waals surface area contributed by atoms with Crippen LogP contribution in [0.1, 0.15) is 0 Å². The molecule has 62 valence electrons. The highest BCUT2D eigenvalue weighted by atomic mass is 31.1. The van der Waals surface area contributed by atoms with Gasteiger partial charge in [-0.2, -0.15) is 13.2 Å². The van der Waals surface area contributed by atoms with Gasteiger partial charge in [-0.3, -0.25) is 0 Å². The van der Waals surface area contributed by atoms with E-state index in [1.165, 1.54) is 0 Å². The Labute approximate surface area is 55.0 Å². The highest BCUT2D eigenvalue weighted by Gasteiger charge is 2.47. The third-order valence-electron chi connectivity index (χ3n) is 0.624. The first-order valence-corrected chi connectivity index (χ1v) is 3.40. The van der Waals surface area contributed by atoms with Crippen LogP contribution in [0.5, 0.6) is 0 Å². The van der Waals surface area contributed by atoms with E-state index < -0.39 is 20.2 Å². The van der Waals surface area contributed by atoms with E-state index in [2.05, 4.69) is 4.52 Å². The summed E-state index contributed by atoms with van der Waals surface area (Å²) in [6.45, 7) is 0. The molecule has 0 N–H and O–H groups in total. The molecule has 0 amide bonds. The van der Waals surface area contributed by atoms with Crippen LogP contribution in [0.25, 0.3) is 0 Å². The lowest BCUT2D eigenvalue weighted by Crippen LogP contribution is -2.10. The Balaban J connectivity index is 4.07. The molecule has 1 atom stereocenters. The predicted octanol–water partition coefficient (Wildman–Crippen LogP) is 2.77. The van der Waals surface area contributed by atoms with E-state index in [0.717, 1.165) is 0 Å². The molecule has 0 saturated carbocycles. The fourth-order valence-electron chi connectivity index (χ4n) is 0.294. The van der Waals surface area contributed by atoms with E-state index in [4.69, 9.17) is 0 Å². The summed E-state index contributed by atoms with van der Waals surface area (Å²) in [5, 5.41) is 0. The smallest absolute Gasteiger partial charge is 0.350 e. The number of rotatable bonds is 2. The van der Waals surface area contributed by atoms with E-state index in [1.54, 1.807) is 0 Å². The van der Waals surface area contributed by atoms with Crippen molar-refractivity contribution < 1.29 is 26.5 Å². The molecule has 0 bridgehead atoms. The standard InChI is InChI=1S/C3H4F5OP/c1-9-10(2(4)5)3(6,7)8/h2H,1H3. The van der Waals surface area contributed by atoms with Crippen LogP contribution in [-0.2, 0) is 4.52 Å². The average molecular weight is 182 g/mol. The maximum absolute atomic E-state index is 11.4. The third-order valence-corrected chi connectivity index (χ3v) is 1.87. The van der Waals surface area contributed by atoms with Gasteiger partial charge < -0.3 is 4.52 Å². The van der Waals surface area contributed by atoms with Crippen molar-refractivity contribution in [3.8, 4) is 0 Å². The van der Waals surface area contributed by atoms with E-state index >= 15 is 0 Å². The van der Waals surface area contributed by atoms with Crippen LogP contribution in [0.2, 0.25) is 0 Å². The lowest BCUT2D eigenvalue weighted by atomic mass is 11.5. The van der Waals surface area contributed by atoms with Crippen LogP contribution in [-0.4, -0.2) is 19.2 Å². The number of alkyl halides is 5. The molecule has 0 rings (SSSR count). The second kappa shape index (κ2) is 3.44. The monoisotopic (exact) mass is 182 g/mol. The minimum atomic E-state index is -4.92. The lowest BCUT2D eigenvalue weighted by Gasteiger charge is -2.15. The fraction of sp³-hybridized carbons (Fsp3) is 1.00. The molecule has 1 nitrogen and oxygen atoms in total. The lowest BCUT2D eigenvalue weighted by molar-refractivity contribution is -0.0544. The summed E-state index contributed by atoms with van der Waals surface area (Å²) < 4.78 is 60.5. The van der Waals surface area contributed by atoms with Gasteiger partial charge in [0.2, 0.25) is 8.15 Å². The molecule has 0 aromatic heterocycles. The Hall–Kier alpha value is 0.0400. The molecule has 1 unspecified atom stereocenters. The zero-order chi connectivity index (χ0) is 8.36. The van der Waals surface area contributed by atoms with Gasteiger partial charge in [0.05, 0.1) is 0 Å². The molecule has 0 spiro atoms. The molecule has 0 heterocycles. The molecular weight excluding hydrogens is 178 g/mol. The molecule has 7 heteroatoms. The van der Waals surface area contributed by atoms with Gasteiger partial charge in [0, 0.05) is 7.11 Å². The second-order valence-corrected chi connectivity index (χ2v) is 3.17. The molecule has 0 aliphatic carbocycles. The second-order valence-electron chi connectivity index (χ2n) is 1.25. The molecule has 0 aliphatic rings. The summed E-state index contributed by atoms with van der Waals surface area (Å²) in [5.41, 5.74) is 0. The SMILES string of the molecule is COP(C(F)F)C(F)(F)F. The van der Waals surface area contributed by atoms with E-state index in [1.807, 2.05) is 0 Å². The first-order chi connectivity index (χ1) is 4.39. The van der Waals surface area contributed by atoms with Gasteiger partial charge in [-0.25, -0.2) is 8.78 Å². The van der Waals surface area contributed by atoms with Gasteiger partial charge in [-0.15, -0.1) is 0 Å².